The van der Waals surface area contributed by atoms with E-state index in [-0.39, 0.29) is 5.97 Å². The van der Waals surface area contributed by atoms with Crippen LogP contribution in [-0.2, 0) is 9.53 Å². The molecule has 0 spiro atoms. The molecule has 0 bridgehead atoms. The number of hydrogen-bond donors (Lipinski definition) is 1. The van der Waals surface area contributed by atoms with E-state index >= 15 is 0 Å². The second-order valence-electron chi connectivity index (χ2n) is 5.14. The lowest BCUT2D eigenvalue weighted by atomic mass is 10.0. The van der Waals surface area contributed by atoms with Crippen LogP contribution in [0.4, 0.5) is 10.5 Å². The number of primary amides is 1. The monoisotopic (exact) mass is 296 g/mol. The minimum atomic E-state index is -0.566. The molecule has 0 radical (unpaired) electrons. The molecule has 2 aliphatic rings. The third-order valence-corrected chi connectivity index (χ3v) is 3.65. The zero-order valence-corrected chi connectivity index (χ0v) is 12.2. The van der Waals surface area contributed by atoms with Crippen LogP contribution in [0.5, 0.6) is 0 Å². The highest BCUT2D eigenvalue weighted by Gasteiger charge is 2.30. The highest BCUT2D eigenvalue weighted by atomic mass is 16.5. The Labute approximate surface area is 128 Å². The topological polar surface area (TPSA) is 72.6 Å². The molecule has 1 aromatic rings. The van der Waals surface area contributed by atoms with Gasteiger partial charge in [0.25, 0.3) is 0 Å². The summed E-state index contributed by atoms with van der Waals surface area (Å²) in [5, 5.41) is 0. The van der Waals surface area contributed by atoms with Crippen LogP contribution in [0.25, 0.3) is 0 Å². The molecule has 3 rings (SSSR count). The summed E-state index contributed by atoms with van der Waals surface area (Å²) in [5.74, 6) is -0.374. The Hall–Kier alpha value is -2.82. The van der Waals surface area contributed by atoms with Crippen LogP contribution in [0.2, 0.25) is 0 Å². The fraction of sp³-hybridized carbons (Fsp3) is 0.176. The number of urea groups is 1. The van der Waals surface area contributed by atoms with Crippen molar-refractivity contribution in [2.24, 2.45) is 5.73 Å². The highest BCUT2D eigenvalue weighted by molar-refractivity contribution is 5.97. The van der Waals surface area contributed by atoms with Gasteiger partial charge in [0.2, 0.25) is 0 Å². The number of esters is 1. The average molecular weight is 296 g/mol. The molecule has 5 heteroatoms. The molecule has 5 nitrogen and oxygen atoms in total. The van der Waals surface area contributed by atoms with Crippen LogP contribution in [0.3, 0.4) is 0 Å². The summed E-state index contributed by atoms with van der Waals surface area (Å²) in [4.78, 5) is 24.9. The summed E-state index contributed by atoms with van der Waals surface area (Å²) in [6.07, 6.45) is 7.70. The molecule has 1 aliphatic carbocycles. The van der Waals surface area contributed by atoms with Crippen molar-refractivity contribution in [2.75, 3.05) is 4.90 Å². The number of anilines is 1. The number of carbonyl (C=O) groups is 2. The summed E-state index contributed by atoms with van der Waals surface area (Å²) in [7, 11) is 0. The van der Waals surface area contributed by atoms with Crippen LogP contribution in [0.15, 0.2) is 59.8 Å². The van der Waals surface area contributed by atoms with E-state index in [1.807, 2.05) is 42.5 Å². The predicted octanol–water partition coefficient (Wildman–Crippen LogP) is 2.96. The second-order valence-corrected chi connectivity index (χ2v) is 5.14. The highest BCUT2D eigenvalue weighted by Crippen LogP contribution is 2.39. The SMILES string of the molecule is CC(=O)O[C@H]1C=C2CC=CC=C2N(C(N)=O)c2ccccc21. The van der Waals surface area contributed by atoms with Crippen molar-refractivity contribution in [3.8, 4) is 0 Å². The minimum Gasteiger partial charge on any atom is -0.453 e. The van der Waals surface area contributed by atoms with Crippen molar-refractivity contribution >= 4 is 17.7 Å². The molecule has 0 saturated carbocycles. The van der Waals surface area contributed by atoms with Crippen LogP contribution in [0.1, 0.15) is 25.0 Å². The number of rotatable bonds is 1. The third kappa shape index (κ3) is 2.41. The lowest BCUT2D eigenvalue weighted by molar-refractivity contribution is -0.144. The van der Waals surface area contributed by atoms with Gasteiger partial charge in [0.1, 0.15) is 6.10 Å². The van der Waals surface area contributed by atoms with Crippen molar-refractivity contribution in [1.82, 2.24) is 0 Å². The predicted molar refractivity (Wildman–Crippen MR) is 82.9 cm³/mol. The van der Waals surface area contributed by atoms with Gasteiger partial charge < -0.3 is 10.5 Å². The van der Waals surface area contributed by atoms with E-state index in [1.165, 1.54) is 11.8 Å². The van der Waals surface area contributed by atoms with Crippen molar-refractivity contribution in [2.45, 2.75) is 19.4 Å². The van der Waals surface area contributed by atoms with Gasteiger partial charge in [0.15, 0.2) is 0 Å². The molecule has 22 heavy (non-hydrogen) atoms. The van der Waals surface area contributed by atoms with E-state index in [1.54, 1.807) is 6.07 Å². The number of para-hydroxylation sites is 1. The van der Waals surface area contributed by atoms with Crippen LogP contribution >= 0.6 is 0 Å². The molecule has 1 aliphatic heterocycles. The van der Waals surface area contributed by atoms with Gasteiger partial charge in [0.05, 0.1) is 11.4 Å². The summed E-state index contributed by atoms with van der Waals surface area (Å²) >= 11 is 0. The molecular weight excluding hydrogens is 280 g/mol. The van der Waals surface area contributed by atoms with Gasteiger partial charge in [-0.25, -0.2) is 4.79 Å². The standard InChI is InChI=1S/C17H16N2O3/c1-11(20)22-16-10-12-6-2-4-8-14(12)19(17(18)21)15-9-5-3-7-13(15)16/h2-5,7-10,16H,6H2,1H3,(H2,18,21)/t16-/m0/s1. The molecule has 1 heterocycles. The molecule has 0 unspecified atom stereocenters. The van der Waals surface area contributed by atoms with Crippen LogP contribution in [0, 0.1) is 0 Å². The summed E-state index contributed by atoms with van der Waals surface area (Å²) in [6, 6.07) is 6.73. The van der Waals surface area contributed by atoms with E-state index < -0.39 is 12.1 Å². The summed E-state index contributed by atoms with van der Waals surface area (Å²) < 4.78 is 5.43. The van der Waals surface area contributed by atoms with Gasteiger partial charge >= 0.3 is 12.0 Å². The number of amides is 2. The number of hydrogen-bond acceptors (Lipinski definition) is 3. The first-order chi connectivity index (χ1) is 10.6. The van der Waals surface area contributed by atoms with Crippen molar-refractivity contribution in [1.29, 1.82) is 0 Å². The Morgan fingerprint density at radius 1 is 1.32 bits per heavy atom. The first-order valence-electron chi connectivity index (χ1n) is 7.01. The number of allylic oxidation sites excluding steroid dienone is 4. The lowest BCUT2D eigenvalue weighted by Crippen LogP contribution is -2.36. The van der Waals surface area contributed by atoms with Gasteiger partial charge in [-0.3, -0.25) is 9.69 Å². The quantitative estimate of drug-likeness (QED) is 0.810. The van der Waals surface area contributed by atoms with Crippen molar-refractivity contribution in [3.63, 3.8) is 0 Å². The fourth-order valence-electron chi connectivity index (χ4n) is 2.79. The number of benzene rings is 1. The fourth-order valence-corrected chi connectivity index (χ4v) is 2.79. The number of ether oxygens (including phenoxy) is 1. The number of nitrogens with two attached hydrogens (primary N) is 1. The van der Waals surface area contributed by atoms with Crippen LogP contribution < -0.4 is 10.6 Å². The summed E-state index contributed by atoms with van der Waals surface area (Å²) in [5.41, 5.74) is 8.59. The Kier molecular flexibility index (Phi) is 3.55. The maximum atomic E-state index is 12.0. The maximum absolute atomic E-state index is 12.0. The Morgan fingerprint density at radius 3 is 2.82 bits per heavy atom. The zero-order valence-electron chi connectivity index (χ0n) is 12.2. The third-order valence-electron chi connectivity index (χ3n) is 3.65. The molecule has 112 valence electrons. The number of carbonyl (C=O) groups excluding carboxylic acids is 2. The zero-order chi connectivity index (χ0) is 15.7. The van der Waals surface area contributed by atoms with E-state index in [2.05, 4.69) is 0 Å². The largest absolute Gasteiger partial charge is 0.453 e. The Bertz CT molecular complexity index is 731. The Balaban J connectivity index is 2.22. The van der Waals surface area contributed by atoms with E-state index in [0.717, 1.165) is 16.8 Å². The smallest absolute Gasteiger partial charge is 0.323 e. The van der Waals surface area contributed by atoms with Gasteiger partial charge in [-0.2, -0.15) is 0 Å². The second kappa shape index (κ2) is 5.52. The van der Waals surface area contributed by atoms with Gasteiger partial charge in [-0.15, -0.1) is 0 Å². The van der Waals surface area contributed by atoms with Crippen LogP contribution in [-0.4, -0.2) is 12.0 Å². The molecular formula is C17H16N2O3. The number of nitrogens with zero attached hydrogens (tertiary/aromatic N) is 1. The molecule has 1 atom stereocenters. The van der Waals surface area contributed by atoms with Gasteiger partial charge in [0, 0.05) is 12.5 Å². The molecule has 0 fully saturated rings. The lowest BCUT2D eigenvalue weighted by Gasteiger charge is -2.26. The normalized spacial score (nSPS) is 19.3. The van der Waals surface area contributed by atoms with Crippen molar-refractivity contribution < 1.29 is 14.3 Å². The first kappa shape index (κ1) is 14.1. The molecule has 2 amide bonds. The van der Waals surface area contributed by atoms with E-state index in [0.29, 0.717) is 12.1 Å². The average Bonchev–Trinajstić information content (AvgIpc) is 2.61. The summed E-state index contributed by atoms with van der Waals surface area (Å²) in [6.45, 7) is 1.37. The number of fused-ring (bicyclic) bond motifs is 2. The van der Waals surface area contributed by atoms with Gasteiger partial charge in [-0.05, 0) is 30.2 Å². The molecule has 0 saturated heterocycles. The molecule has 2 N–H and O–H groups in total. The maximum Gasteiger partial charge on any atom is 0.323 e. The minimum absolute atomic E-state index is 0.374. The molecule has 0 aromatic heterocycles. The van der Waals surface area contributed by atoms with Crippen molar-refractivity contribution in [3.05, 3.63) is 65.4 Å². The van der Waals surface area contributed by atoms with Gasteiger partial charge in [-0.1, -0.05) is 30.4 Å². The molecule has 1 aromatic carbocycles. The van der Waals surface area contributed by atoms with E-state index in [4.69, 9.17) is 10.5 Å². The Morgan fingerprint density at radius 2 is 2.09 bits per heavy atom. The first-order valence-corrected chi connectivity index (χ1v) is 7.01. The van der Waals surface area contributed by atoms with E-state index in [9.17, 15) is 9.59 Å².